The zero-order valence-electron chi connectivity index (χ0n) is 16.1. The fourth-order valence-electron chi connectivity index (χ4n) is 3.88. The number of amides is 1. The van der Waals surface area contributed by atoms with Gasteiger partial charge in [-0.25, -0.2) is 4.98 Å². The van der Waals surface area contributed by atoms with Crippen molar-refractivity contribution in [2.75, 3.05) is 31.1 Å². The summed E-state index contributed by atoms with van der Waals surface area (Å²) in [6.07, 6.45) is 1.42. The lowest BCUT2D eigenvalue weighted by Crippen LogP contribution is -2.50. The number of aromatic nitrogens is 2. The van der Waals surface area contributed by atoms with E-state index in [-0.39, 0.29) is 23.6 Å². The second-order valence-corrected chi connectivity index (χ2v) is 7.68. The maximum absolute atomic E-state index is 12.8. The molecule has 1 aliphatic heterocycles. The number of para-hydroxylation sites is 2. The van der Waals surface area contributed by atoms with Crippen LogP contribution in [0.4, 0.5) is 5.69 Å². The van der Waals surface area contributed by atoms with Gasteiger partial charge in [-0.3, -0.25) is 14.2 Å². The van der Waals surface area contributed by atoms with Crippen molar-refractivity contribution in [1.82, 2.24) is 14.5 Å². The molecule has 1 amide bonds. The van der Waals surface area contributed by atoms with Crippen molar-refractivity contribution in [3.63, 3.8) is 0 Å². The van der Waals surface area contributed by atoms with Gasteiger partial charge >= 0.3 is 0 Å². The quantitative estimate of drug-likeness (QED) is 0.507. The zero-order valence-corrected chi connectivity index (χ0v) is 16.9. The third kappa shape index (κ3) is 3.21. The van der Waals surface area contributed by atoms with E-state index in [1.807, 2.05) is 42.5 Å². The highest BCUT2D eigenvalue weighted by Gasteiger charge is 2.23. The molecule has 1 fully saturated rings. The molecule has 8 heteroatoms. The van der Waals surface area contributed by atoms with E-state index in [2.05, 4.69) is 9.88 Å². The van der Waals surface area contributed by atoms with Crippen LogP contribution in [0.2, 0.25) is 5.02 Å². The Morgan fingerprint density at radius 2 is 1.77 bits per heavy atom. The number of hydrogen-bond donors (Lipinski definition) is 0. The molecule has 1 aliphatic rings. The molecule has 1 saturated heterocycles. The van der Waals surface area contributed by atoms with Gasteiger partial charge in [-0.1, -0.05) is 35.9 Å². The Kier molecular flexibility index (Phi) is 4.67. The Balaban J connectivity index is 1.32. The number of fused-ring (bicyclic) bond motifs is 3. The number of benzene rings is 2. The highest BCUT2D eigenvalue weighted by Crippen LogP contribution is 2.26. The lowest BCUT2D eigenvalue weighted by molar-refractivity contribution is -0.132. The monoisotopic (exact) mass is 422 g/mol. The first-order valence-electron chi connectivity index (χ1n) is 9.76. The molecule has 0 radical (unpaired) electrons. The van der Waals surface area contributed by atoms with E-state index in [0.717, 1.165) is 11.1 Å². The number of furan rings is 1. The van der Waals surface area contributed by atoms with Gasteiger partial charge in [0, 0.05) is 31.6 Å². The van der Waals surface area contributed by atoms with Crippen LogP contribution in [-0.4, -0.2) is 46.5 Å². The minimum absolute atomic E-state index is 0.0646. The minimum Gasteiger partial charge on any atom is -0.448 e. The lowest BCUT2D eigenvalue weighted by Gasteiger charge is -2.36. The molecule has 2 aromatic carbocycles. The van der Waals surface area contributed by atoms with E-state index < -0.39 is 0 Å². The number of anilines is 1. The average molecular weight is 423 g/mol. The molecule has 3 heterocycles. The number of halogens is 1. The summed E-state index contributed by atoms with van der Waals surface area (Å²) in [5.41, 5.74) is 1.93. The van der Waals surface area contributed by atoms with Crippen LogP contribution in [-0.2, 0) is 11.3 Å². The summed E-state index contributed by atoms with van der Waals surface area (Å²) >= 11 is 6.28. The number of carbonyl (C=O) groups is 1. The molecule has 152 valence electrons. The maximum atomic E-state index is 12.8. The van der Waals surface area contributed by atoms with Crippen molar-refractivity contribution in [2.24, 2.45) is 0 Å². The average Bonchev–Trinajstić information content (AvgIpc) is 3.16. The van der Waals surface area contributed by atoms with Gasteiger partial charge in [0.05, 0.1) is 17.0 Å². The number of nitrogens with zero attached hydrogens (tertiary/aromatic N) is 4. The molecule has 4 aromatic rings. The third-order valence-corrected chi connectivity index (χ3v) is 5.80. The smallest absolute Gasteiger partial charge is 0.297 e. The summed E-state index contributed by atoms with van der Waals surface area (Å²) in [6, 6.07) is 15.1. The second-order valence-electron chi connectivity index (χ2n) is 7.27. The Bertz CT molecular complexity index is 1300. The standard InChI is InChI=1S/C22H19ClN4O3/c23-16-6-2-3-7-17(16)25-9-11-26(12-10-25)19(28)13-27-14-24-20-15-5-1-4-8-18(15)30-21(20)22(27)29/h1-8,14H,9-13H2. The van der Waals surface area contributed by atoms with Crippen molar-refractivity contribution >= 4 is 45.3 Å². The Hall–Kier alpha value is -3.32. The normalized spacial score (nSPS) is 14.6. The summed E-state index contributed by atoms with van der Waals surface area (Å²) in [6.45, 7) is 2.44. The number of hydrogen-bond acceptors (Lipinski definition) is 5. The van der Waals surface area contributed by atoms with Gasteiger partial charge in [0.15, 0.2) is 0 Å². The predicted molar refractivity (Wildman–Crippen MR) is 116 cm³/mol. The molecule has 0 bridgehead atoms. The van der Waals surface area contributed by atoms with E-state index in [1.165, 1.54) is 10.9 Å². The van der Waals surface area contributed by atoms with E-state index in [4.69, 9.17) is 16.0 Å². The van der Waals surface area contributed by atoms with Gasteiger partial charge in [-0.05, 0) is 24.3 Å². The first-order chi connectivity index (χ1) is 14.6. The molecule has 30 heavy (non-hydrogen) atoms. The van der Waals surface area contributed by atoms with Crippen LogP contribution < -0.4 is 10.5 Å². The van der Waals surface area contributed by atoms with Crippen LogP contribution >= 0.6 is 11.6 Å². The number of piperazine rings is 1. The molecular weight excluding hydrogens is 404 g/mol. The number of carbonyl (C=O) groups excluding carboxylic acids is 1. The van der Waals surface area contributed by atoms with Crippen LogP contribution in [0.15, 0.2) is 64.1 Å². The molecule has 7 nitrogen and oxygen atoms in total. The Morgan fingerprint density at radius 3 is 2.57 bits per heavy atom. The van der Waals surface area contributed by atoms with Gasteiger partial charge < -0.3 is 14.2 Å². The molecule has 0 aliphatic carbocycles. The van der Waals surface area contributed by atoms with Crippen molar-refractivity contribution in [3.8, 4) is 0 Å². The van der Waals surface area contributed by atoms with Crippen LogP contribution in [0.5, 0.6) is 0 Å². The fraction of sp³-hybridized carbons (Fsp3) is 0.227. The lowest BCUT2D eigenvalue weighted by atomic mass is 10.2. The summed E-state index contributed by atoms with van der Waals surface area (Å²) in [4.78, 5) is 33.9. The van der Waals surface area contributed by atoms with Crippen LogP contribution in [0.3, 0.4) is 0 Å². The van der Waals surface area contributed by atoms with Crippen molar-refractivity contribution in [1.29, 1.82) is 0 Å². The first-order valence-corrected chi connectivity index (χ1v) is 10.1. The van der Waals surface area contributed by atoms with E-state index >= 15 is 0 Å². The third-order valence-electron chi connectivity index (χ3n) is 5.48. The first kappa shape index (κ1) is 18.7. The zero-order chi connectivity index (χ0) is 20.7. The van der Waals surface area contributed by atoms with Gasteiger partial charge in [0.1, 0.15) is 17.6 Å². The van der Waals surface area contributed by atoms with Crippen molar-refractivity contribution < 1.29 is 9.21 Å². The fourth-order valence-corrected chi connectivity index (χ4v) is 4.13. The highest BCUT2D eigenvalue weighted by atomic mass is 35.5. The van der Waals surface area contributed by atoms with Crippen LogP contribution in [0.1, 0.15) is 0 Å². The molecule has 0 spiro atoms. The Labute approximate surface area is 177 Å². The minimum atomic E-state index is -0.348. The summed E-state index contributed by atoms with van der Waals surface area (Å²) < 4.78 is 7.00. The molecule has 0 saturated carbocycles. The SMILES string of the molecule is O=C(Cn1cnc2c(oc3ccccc32)c1=O)N1CCN(c2ccccc2Cl)CC1. The van der Waals surface area contributed by atoms with E-state index in [0.29, 0.717) is 42.3 Å². The van der Waals surface area contributed by atoms with Gasteiger partial charge in [-0.15, -0.1) is 0 Å². The van der Waals surface area contributed by atoms with Crippen molar-refractivity contribution in [2.45, 2.75) is 6.54 Å². The molecule has 2 aromatic heterocycles. The summed E-state index contributed by atoms with van der Waals surface area (Å²) in [5, 5.41) is 1.49. The van der Waals surface area contributed by atoms with E-state index in [1.54, 1.807) is 11.0 Å². The predicted octanol–water partition coefficient (Wildman–Crippen LogP) is 3.14. The summed E-state index contributed by atoms with van der Waals surface area (Å²) in [5.74, 6) is -0.117. The van der Waals surface area contributed by atoms with Crippen LogP contribution in [0, 0.1) is 0 Å². The Morgan fingerprint density at radius 1 is 1.03 bits per heavy atom. The second kappa shape index (κ2) is 7.50. The van der Waals surface area contributed by atoms with Crippen molar-refractivity contribution in [3.05, 3.63) is 70.2 Å². The molecule has 0 unspecified atom stereocenters. The van der Waals surface area contributed by atoms with E-state index in [9.17, 15) is 9.59 Å². The van der Waals surface area contributed by atoms with Gasteiger partial charge in [-0.2, -0.15) is 0 Å². The molecule has 0 atom stereocenters. The van der Waals surface area contributed by atoms with Gasteiger partial charge in [0.25, 0.3) is 5.56 Å². The largest absolute Gasteiger partial charge is 0.448 e. The maximum Gasteiger partial charge on any atom is 0.297 e. The highest BCUT2D eigenvalue weighted by molar-refractivity contribution is 6.33. The molecule has 0 N–H and O–H groups in total. The topological polar surface area (TPSA) is 71.6 Å². The molecular formula is C22H19ClN4O3. The molecule has 5 rings (SSSR count). The number of rotatable bonds is 3. The summed E-state index contributed by atoms with van der Waals surface area (Å²) in [7, 11) is 0. The van der Waals surface area contributed by atoms with Gasteiger partial charge in [0.2, 0.25) is 11.5 Å². The van der Waals surface area contributed by atoms with Crippen LogP contribution in [0.25, 0.3) is 22.1 Å².